The Morgan fingerprint density at radius 3 is 1.05 bits per heavy atom. The van der Waals surface area contributed by atoms with E-state index >= 15 is 0 Å². The third-order valence-electron chi connectivity index (χ3n) is 12.3. The van der Waals surface area contributed by atoms with Crippen LogP contribution in [0.4, 0.5) is 0 Å². The predicted octanol–water partition coefficient (Wildman–Crippen LogP) is 18.2. The van der Waals surface area contributed by atoms with Gasteiger partial charge in [0.05, 0.1) is 13.2 Å². The van der Waals surface area contributed by atoms with Crippen LogP contribution in [0.25, 0.3) is 0 Å². The lowest BCUT2D eigenvalue weighted by atomic mass is 10.0. The van der Waals surface area contributed by atoms with Gasteiger partial charge in [-0.3, -0.25) is 4.79 Å². The highest BCUT2D eigenvalue weighted by Crippen LogP contribution is 2.17. The standard InChI is InChI=1S/C55H106O4/c1-3-5-7-9-11-13-15-17-19-21-23-25-27-29-31-33-35-37-39-41-43-45-47-49-51-58-53-54(52-56)59-55(57)50-48-46-44-42-40-38-36-34-32-30-28-26-24-22-20-18-16-14-12-10-8-6-4-2/h15,17,21,23,54,56H,3-14,16,18-20,22,24-53H2,1-2H3/b17-15-,23-21-. The number of aliphatic hydroxyl groups excluding tert-OH is 1. The van der Waals surface area contributed by atoms with Crippen LogP contribution in [0, 0.1) is 0 Å². The molecule has 0 aromatic carbocycles. The topological polar surface area (TPSA) is 55.8 Å². The van der Waals surface area contributed by atoms with Gasteiger partial charge in [-0.15, -0.1) is 0 Å². The van der Waals surface area contributed by atoms with Gasteiger partial charge in [0.15, 0.2) is 0 Å². The molecule has 1 unspecified atom stereocenters. The SMILES string of the molecule is CCCCCCC/C=C\C/C=C\CCCCCCCCCCCCCCOCC(CO)OC(=O)CCCCCCCCCCCCCCCCCCCCCCCCC. The van der Waals surface area contributed by atoms with Crippen molar-refractivity contribution < 1.29 is 19.4 Å². The first kappa shape index (κ1) is 57.9. The third kappa shape index (κ3) is 51.1. The minimum Gasteiger partial charge on any atom is -0.457 e. The molecule has 0 heterocycles. The van der Waals surface area contributed by atoms with Gasteiger partial charge in [-0.1, -0.05) is 269 Å². The maximum absolute atomic E-state index is 12.3. The van der Waals surface area contributed by atoms with E-state index in [0.717, 1.165) is 25.7 Å². The minimum absolute atomic E-state index is 0.167. The fraction of sp³-hybridized carbons (Fsp3) is 0.909. The van der Waals surface area contributed by atoms with Gasteiger partial charge >= 0.3 is 5.97 Å². The van der Waals surface area contributed by atoms with E-state index in [0.29, 0.717) is 19.6 Å². The molecule has 4 heteroatoms. The molecule has 1 atom stereocenters. The summed E-state index contributed by atoms with van der Waals surface area (Å²) in [5.41, 5.74) is 0. The Bertz CT molecular complexity index is 837. The third-order valence-corrected chi connectivity index (χ3v) is 12.3. The molecule has 0 aliphatic rings. The zero-order chi connectivity index (χ0) is 42.6. The van der Waals surface area contributed by atoms with E-state index in [1.165, 1.54) is 250 Å². The van der Waals surface area contributed by atoms with Crippen molar-refractivity contribution in [3.8, 4) is 0 Å². The van der Waals surface area contributed by atoms with Crippen molar-refractivity contribution in [2.45, 2.75) is 302 Å². The Hall–Kier alpha value is -1.13. The molecule has 0 saturated carbocycles. The zero-order valence-electron chi connectivity index (χ0n) is 40.3. The van der Waals surface area contributed by atoms with E-state index < -0.39 is 6.10 Å². The summed E-state index contributed by atoms with van der Waals surface area (Å²) < 4.78 is 11.2. The predicted molar refractivity (Wildman–Crippen MR) is 261 cm³/mol. The van der Waals surface area contributed by atoms with Gasteiger partial charge in [-0.2, -0.15) is 0 Å². The number of carbonyl (C=O) groups is 1. The molecule has 0 radical (unpaired) electrons. The van der Waals surface area contributed by atoms with Gasteiger partial charge in [0.2, 0.25) is 0 Å². The first-order valence-corrected chi connectivity index (χ1v) is 26.9. The lowest BCUT2D eigenvalue weighted by molar-refractivity contribution is -0.154. The molecule has 0 saturated heterocycles. The lowest BCUT2D eigenvalue weighted by Gasteiger charge is -2.16. The molecule has 59 heavy (non-hydrogen) atoms. The molecular weight excluding hydrogens is 725 g/mol. The highest BCUT2D eigenvalue weighted by atomic mass is 16.6. The molecule has 0 bridgehead atoms. The molecule has 1 N–H and O–H groups in total. The molecule has 0 aliphatic heterocycles. The number of hydrogen-bond donors (Lipinski definition) is 1. The average Bonchev–Trinajstić information content (AvgIpc) is 3.24. The summed E-state index contributed by atoms with van der Waals surface area (Å²) in [6.07, 6.45) is 67.1. The van der Waals surface area contributed by atoms with Crippen molar-refractivity contribution in [3.63, 3.8) is 0 Å². The van der Waals surface area contributed by atoms with Gasteiger partial charge in [0.1, 0.15) is 6.10 Å². The summed E-state index contributed by atoms with van der Waals surface area (Å²) in [6.45, 7) is 5.39. The van der Waals surface area contributed by atoms with Crippen molar-refractivity contribution in [2.24, 2.45) is 0 Å². The number of aliphatic hydroxyl groups is 1. The molecule has 350 valence electrons. The summed E-state index contributed by atoms with van der Waals surface area (Å²) in [7, 11) is 0. The Balaban J connectivity index is 3.35. The van der Waals surface area contributed by atoms with Crippen LogP contribution in [0.3, 0.4) is 0 Å². The Kier molecular flexibility index (Phi) is 52.0. The highest BCUT2D eigenvalue weighted by Gasteiger charge is 2.13. The van der Waals surface area contributed by atoms with Crippen LogP contribution in [0.15, 0.2) is 24.3 Å². The fourth-order valence-electron chi connectivity index (χ4n) is 8.25. The second-order valence-electron chi connectivity index (χ2n) is 18.3. The second-order valence-corrected chi connectivity index (χ2v) is 18.3. The fourth-order valence-corrected chi connectivity index (χ4v) is 8.25. The highest BCUT2D eigenvalue weighted by molar-refractivity contribution is 5.69. The van der Waals surface area contributed by atoms with Crippen LogP contribution in [0.2, 0.25) is 0 Å². The number of allylic oxidation sites excluding steroid dienone is 4. The lowest BCUT2D eigenvalue weighted by Crippen LogP contribution is -2.27. The Morgan fingerprint density at radius 2 is 0.712 bits per heavy atom. The van der Waals surface area contributed by atoms with Crippen LogP contribution in [0.5, 0.6) is 0 Å². The molecule has 0 aromatic rings. The number of unbranched alkanes of at least 4 members (excludes halogenated alkanes) is 39. The summed E-state index contributed by atoms with van der Waals surface area (Å²) in [5.74, 6) is -0.193. The summed E-state index contributed by atoms with van der Waals surface area (Å²) in [6, 6.07) is 0. The Labute approximate surface area is 370 Å². The maximum Gasteiger partial charge on any atom is 0.306 e. The largest absolute Gasteiger partial charge is 0.457 e. The van der Waals surface area contributed by atoms with Crippen LogP contribution in [-0.4, -0.2) is 37.0 Å². The van der Waals surface area contributed by atoms with Crippen molar-refractivity contribution >= 4 is 5.97 Å². The van der Waals surface area contributed by atoms with Crippen LogP contribution in [0.1, 0.15) is 296 Å². The molecule has 4 nitrogen and oxygen atoms in total. The number of esters is 1. The molecule has 0 rings (SSSR count). The van der Waals surface area contributed by atoms with Crippen molar-refractivity contribution in [2.75, 3.05) is 19.8 Å². The molecule has 0 fully saturated rings. The normalized spacial score (nSPS) is 12.4. The monoisotopic (exact) mass is 831 g/mol. The van der Waals surface area contributed by atoms with E-state index in [4.69, 9.17) is 9.47 Å². The number of carbonyl (C=O) groups excluding carboxylic acids is 1. The van der Waals surface area contributed by atoms with Crippen LogP contribution in [-0.2, 0) is 14.3 Å². The zero-order valence-corrected chi connectivity index (χ0v) is 40.3. The maximum atomic E-state index is 12.3. The smallest absolute Gasteiger partial charge is 0.306 e. The van der Waals surface area contributed by atoms with Gasteiger partial charge in [-0.05, 0) is 44.9 Å². The van der Waals surface area contributed by atoms with Crippen molar-refractivity contribution in [1.82, 2.24) is 0 Å². The quantitative estimate of drug-likeness (QED) is 0.0377. The first-order chi connectivity index (χ1) is 29.2. The van der Waals surface area contributed by atoms with Crippen LogP contribution < -0.4 is 0 Å². The molecule has 0 aliphatic carbocycles. The first-order valence-electron chi connectivity index (χ1n) is 26.9. The van der Waals surface area contributed by atoms with E-state index in [1.807, 2.05) is 0 Å². The number of rotatable bonds is 51. The average molecular weight is 831 g/mol. The second kappa shape index (κ2) is 53.0. The van der Waals surface area contributed by atoms with E-state index in [2.05, 4.69) is 38.2 Å². The van der Waals surface area contributed by atoms with Crippen molar-refractivity contribution in [1.29, 1.82) is 0 Å². The number of ether oxygens (including phenoxy) is 2. The van der Waals surface area contributed by atoms with Crippen LogP contribution >= 0.6 is 0 Å². The van der Waals surface area contributed by atoms with Gasteiger partial charge in [0.25, 0.3) is 0 Å². The Morgan fingerprint density at radius 1 is 0.407 bits per heavy atom. The van der Waals surface area contributed by atoms with Gasteiger partial charge in [0, 0.05) is 13.0 Å². The van der Waals surface area contributed by atoms with Crippen molar-refractivity contribution in [3.05, 3.63) is 24.3 Å². The summed E-state index contributed by atoms with van der Waals surface area (Å²) in [4.78, 5) is 12.3. The molecule has 0 amide bonds. The summed E-state index contributed by atoms with van der Waals surface area (Å²) in [5, 5.41) is 9.66. The van der Waals surface area contributed by atoms with Gasteiger partial charge in [-0.25, -0.2) is 0 Å². The van der Waals surface area contributed by atoms with Gasteiger partial charge < -0.3 is 14.6 Å². The summed E-state index contributed by atoms with van der Waals surface area (Å²) >= 11 is 0. The molecule has 0 spiro atoms. The number of hydrogen-bond acceptors (Lipinski definition) is 4. The minimum atomic E-state index is -0.532. The van der Waals surface area contributed by atoms with E-state index in [1.54, 1.807) is 0 Å². The van der Waals surface area contributed by atoms with E-state index in [-0.39, 0.29) is 12.6 Å². The van der Waals surface area contributed by atoms with E-state index in [9.17, 15) is 9.90 Å². The molecule has 0 aromatic heterocycles. The molecular formula is C55H106O4.